The van der Waals surface area contributed by atoms with Gasteiger partial charge in [0.25, 0.3) is 0 Å². The lowest BCUT2D eigenvalue weighted by molar-refractivity contribution is 0.391. The maximum absolute atomic E-state index is 13.7. The molecule has 0 aliphatic heterocycles. The minimum atomic E-state index is -3.97. The number of para-hydroxylation sites is 1. The standard InChI is InChI=1S/C27H31N7O4S/c1-16-12-29-25(30-13-16)17(2)18(3)39(35,36)33-27-32-31-26(21-15-28-14-19-8-6-9-20(19)21)34(27)24-22(37-4)10-7-11-23(24)38-5/h7,10-15,17-18H,6,8-9H2,1-5H3,(H,32,33)/t17-,18-/m0/s1. The molecule has 0 radical (unpaired) electrons. The number of hydrogen-bond donors (Lipinski definition) is 1. The Hall–Kier alpha value is -4.06. The van der Waals surface area contributed by atoms with Gasteiger partial charge in [0, 0.05) is 36.3 Å². The van der Waals surface area contributed by atoms with E-state index < -0.39 is 21.2 Å². The van der Waals surface area contributed by atoms with Gasteiger partial charge in [0.15, 0.2) is 5.82 Å². The molecule has 39 heavy (non-hydrogen) atoms. The zero-order valence-electron chi connectivity index (χ0n) is 22.5. The number of methoxy groups -OCH3 is 2. The van der Waals surface area contributed by atoms with Crippen LogP contribution in [0.2, 0.25) is 0 Å². The summed E-state index contributed by atoms with van der Waals surface area (Å²) in [4.78, 5) is 13.1. The van der Waals surface area contributed by atoms with Crippen LogP contribution in [-0.4, -0.2) is 57.6 Å². The summed E-state index contributed by atoms with van der Waals surface area (Å²) in [6, 6.07) is 5.34. The second kappa shape index (κ2) is 10.6. The van der Waals surface area contributed by atoms with Crippen LogP contribution >= 0.6 is 0 Å². The van der Waals surface area contributed by atoms with Gasteiger partial charge in [0.05, 0.1) is 19.5 Å². The third kappa shape index (κ3) is 4.91. The van der Waals surface area contributed by atoms with Crippen LogP contribution in [0.1, 0.15) is 48.7 Å². The lowest BCUT2D eigenvalue weighted by atomic mass is 10.1. The highest BCUT2D eigenvalue weighted by Crippen LogP contribution is 2.40. The molecule has 0 bridgehead atoms. The molecule has 0 spiro atoms. The predicted molar refractivity (Wildman–Crippen MR) is 147 cm³/mol. The molecule has 5 rings (SSSR count). The SMILES string of the molecule is COc1cccc(OC)c1-n1c(NS(=O)(=O)[C@@H](C)[C@H](C)c2ncc(C)cn2)nnc1-c1cncc2c1CCC2. The summed E-state index contributed by atoms with van der Waals surface area (Å²) in [6.07, 6.45) is 9.77. The topological polar surface area (TPSA) is 134 Å². The molecule has 0 saturated carbocycles. The van der Waals surface area contributed by atoms with Crippen molar-refractivity contribution in [3.05, 3.63) is 65.5 Å². The Morgan fingerprint density at radius 3 is 2.33 bits per heavy atom. The summed E-state index contributed by atoms with van der Waals surface area (Å²) in [6.45, 7) is 5.28. The molecule has 1 aliphatic rings. The van der Waals surface area contributed by atoms with Gasteiger partial charge < -0.3 is 9.47 Å². The Bertz CT molecular complexity index is 1580. The smallest absolute Gasteiger partial charge is 0.243 e. The average Bonchev–Trinajstić information content (AvgIpc) is 3.59. The van der Waals surface area contributed by atoms with E-state index in [0.29, 0.717) is 28.8 Å². The fourth-order valence-electron chi connectivity index (χ4n) is 4.81. The first-order chi connectivity index (χ1) is 18.7. The average molecular weight is 550 g/mol. The van der Waals surface area contributed by atoms with Crippen molar-refractivity contribution in [1.82, 2.24) is 29.7 Å². The molecule has 4 aromatic rings. The summed E-state index contributed by atoms with van der Waals surface area (Å²) in [5.41, 5.74) is 4.42. The van der Waals surface area contributed by atoms with Gasteiger partial charge in [0.2, 0.25) is 16.0 Å². The third-order valence-corrected chi connectivity index (χ3v) is 9.04. The lowest BCUT2D eigenvalue weighted by Gasteiger charge is -2.21. The van der Waals surface area contributed by atoms with E-state index in [1.807, 2.05) is 13.1 Å². The van der Waals surface area contributed by atoms with Gasteiger partial charge >= 0.3 is 0 Å². The maximum Gasteiger partial charge on any atom is 0.243 e. The van der Waals surface area contributed by atoms with Crippen LogP contribution in [-0.2, 0) is 22.9 Å². The molecule has 2 atom stereocenters. The van der Waals surface area contributed by atoms with Gasteiger partial charge in [-0.05, 0) is 61.9 Å². The van der Waals surface area contributed by atoms with E-state index in [9.17, 15) is 8.42 Å². The zero-order valence-corrected chi connectivity index (χ0v) is 23.4. The molecule has 0 fully saturated rings. The quantitative estimate of drug-likeness (QED) is 0.330. The van der Waals surface area contributed by atoms with Crippen molar-refractivity contribution in [1.29, 1.82) is 0 Å². The third-order valence-electron chi connectivity index (χ3n) is 7.18. The minimum Gasteiger partial charge on any atom is -0.494 e. The maximum atomic E-state index is 13.7. The van der Waals surface area contributed by atoms with Gasteiger partial charge in [-0.15, -0.1) is 10.2 Å². The van der Waals surface area contributed by atoms with Crippen molar-refractivity contribution in [2.75, 3.05) is 18.9 Å². The number of nitrogens with zero attached hydrogens (tertiary/aromatic N) is 6. The van der Waals surface area contributed by atoms with Crippen LogP contribution in [0.5, 0.6) is 11.5 Å². The van der Waals surface area contributed by atoms with Crippen molar-refractivity contribution in [3.8, 4) is 28.6 Å². The molecule has 11 nitrogen and oxygen atoms in total. The van der Waals surface area contributed by atoms with E-state index in [1.165, 1.54) is 0 Å². The van der Waals surface area contributed by atoms with E-state index in [-0.39, 0.29) is 5.95 Å². The minimum absolute atomic E-state index is 0.00674. The Labute approximate surface area is 227 Å². The number of fused-ring (bicyclic) bond motifs is 1. The number of nitrogens with one attached hydrogen (secondary N) is 1. The van der Waals surface area contributed by atoms with Gasteiger partial charge in [0.1, 0.15) is 23.0 Å². The van der Waals surface area contributed by atoms with Gasteiger partial charge in [-0.25, -0.2) is 18.4 Å². The van der Waals surface area contributed by atoms with Crippen molar-refractivity contribution < 1.29 is 17.9 Å². The van der Waals surface area contributed by atoms with Crippen LogP contribution in [0, 0.1) is 6.92 Å². The molecule has 204 valence electrons. The fraction of sp³-hybridized carbons (Fsp3) is 0.370. The van der Waals surface area contributed by atoms with E-state index in [4.69, 9.17) is 9.47 Å². The van der Waals surface area contributed by atoms with Crippen molar-refractivity contribution in [2.24, 2.45) is 0 Å². The summed E-state index contributed by atoms with van der Waals surface area (Å²) in [5.74, 6) is 1.33. The summed E-state index contributed by atoms with van der Waals surface area (Å²) in [7, 11) is -0.890. The van der Waals surface area contributed by atoms with Crippen LogP contribution in [0.4, 0.5) is 5.95 Å². The van der Waals surface area contributed by atoms with Gasteiger partial charge in [-0.2, -0.15) is 0 Å². The molecule has 1 N–H and O–H groups in total. The molecule has 1 aliphatic carbocycles. The predicted octanol–water partition coefficient (Wildman–Crippen LogP) is 3.87. The Kier molecular flexibility index (Phi) is 7.21. The van der Waals surface area contributed by atoms with E-state index in [1.54, 1.807) is 69.4 Å². The lowest BCUT2D eigenvalue weighted by Crippen LogP contribution is -2.31. The molecule has 12 heteroatoms. The number of rotatable bonds is 9. The fourth-order valence-corrected chi connectivity index (χ4v) is 6.05. The molecule has 0 saturated heterocycles. The van der Waals surface area contributed by atoms with E-state index in [2.05, 4.69) is 29.9 Å². The summed E-state index contributed by atoms with van der Waals surface area (Å²) < 4.78 is 43.0. The number of anilines is 1. The van der Waals surface area contributed by atoms with Crippen molar-refractivity contribution in [2.45, 2.75) is 51.2 Å². The number of ether oxygens (including phenoxy) is 2. The largest absolute Gasteiger partial charge is 0.494 e. The van der Waals surface area contributed by atoms with Gasteiger partial charge in [-0.1, -0.05) is 13.0 Å². The molecular formula is C27H31N7O4S. The summed E-state index contributed by atoms with van der Waals surface area (Å²) >= 11 is 0. The second-order valence-corrected chi connectivity index (χ2v) is 11.7. The number of sulfonamides is 1. The molecule has 3 aromatic heterocycles. The van der Waals surface area contributed by atoms with Crippen LogP contribution < -0.4 is 14.2 Å². The highest BCUT2D eigenvalue weighted by atomic mass is 32.2. The summed E-state index contributed by atoms with van der Waals surface area (Å²) in [5, 5.41) is 7.89. The zero-order chi connectivity index (χ0) is 27.7. The first-order valence-corrected chi connectivity index (χ1v) is 14.2. The molecule has 0 unspecified atom stereocenters. The second-order valence-electron chi connectivity index (χ2n) is 9.63. The van der Waals surface area contributed by atoms with Crippen molar-refractivity contribution >= 4 is 16.0 Å². The number of benzene rings is 1. The molecule has 3 heterocycles. The van der Waals surface area contributed by atoms with Crippen LogP contribution in [0.3, 0.4) is 0 Å². The van der Waals surface area contributed by atoms with Gasteiger partial charge in [-0.3, -0.25) is 14.3 Å². The molecule has 0 amide bonds. The highest BCUT2D eigenvalue weighted by Gasteiger charge is 2.33. The Morgan fingerprint density at radius 2 is 1.67 bits per heavy atom. The normalized spacial score (nSPS) is 14.5. The monoisotopic (exact) mass is 549 g/mol. The number of aromatic nitrogens is 6. The van der Waals surface area contributed by atoms with E-state index >= 15 is 0 Å². The number of hydrogen-bond acceptors (Lipinski definition) is 9. The van der Waals surface area contributed by atoms with Crippen LogP contribution in [0.25, 0.3) is 17.1 Å². The van der Waals surface area contributed by atoms with E-state index in [0.717, 1.165) is 41.5 Å². The van der Waals surface area contributed by atoms with Crippen molar-refractivity contribution in [3.63, 3.8) is 0 Å². The molecule has 1 aromatic carbocycles. The highest BCUT2D eigenvalue weighted by molar-refractivity contribution is 7.93. The number of pyridine rings is 1. The molecular weight excluding hydrogens is 518 g/mol. The number of aryl methyl sites for hydroxylation is 2. The first-order valence-electron chi connectivity index (χ1n) is 12.7. The Morgan fingerprint density at radius 1 is 0.974 bits per heavy atom. The first kappa shape index (κ1) is 26.5. The Balaban J connectivity index is 1.64. The van der Waals surface area contributed by atoms with Crippen LogP contribution in [0.15, 0.2) is 43.0 Å².